The summed E-state index contributed by atoms with van der Waals surface area (Å²) >= 11 is 0. The van der Waals surface area contributed by atoms with Crippen LogP contribution in [0.3, 0.4) is 0 Å². The van der Waals surface area contributed by atoms with Gasteiger partial charge in [-0.3, -0.25) is 4.79 Å². The van der Waals surface area contributed by atoms with E-state index in [0.29, 0.717) is 12.3 Å². The van der Waals surface area contributed by atoms with Crippen LogP contribution in [0.5, 0.6) is 0 Å². The number of hydrogen-bond donors (Lipinski definition) is 1. The van der Waals surface area contributed by atoms with Crippen molar-refractivity contribution in [3.63, 3.8) is 0 Å². The Hall–Kier alpha value is -0.570. The van der Waals surface area contributed by atoms with E-state index < -0.39 is 5.97 Å². The summed E-state index contributed by atoms with van der Waals surface area (Å²) in [6.45, 7) is 6.37. The monoisotopic (exact) mass is 199 g/mol. The minimum absolute atomic E-state index is 0.0485. The van der Waals surface area contributed by atoms with Crippen LogP contribution in [0.2, 0.25) is 0 Å². The van der Waals surface area contributed by atoms with Crippen molar-refractivity contribution in [1.29, 1.82) is 0 Å². The molecule has 0 unspecified atom stereocenters. The molecular weight excluding hydrogens is 178 g/mol. The molecule has 0 aromatic rings. The molecule has 3 nitrogen and oxygen atoms in total. The van der Waals surface area contributed by atoms with Gasteiger partial charge >= 0.3 is 5.97 Å². The van der Waals surface area contributed by atoms with Crippen molar-refractivity contribution in [3.8, 4) is 0 Å². The van der Waals surface area contributed by atoms with E-state index in [1.54, 1.807) is 0 Å². The molecule has 1 heterocycles. The van der Waals surface area contributed by atoms with Crippen LogP contribution in [-0.4, -0.2) is 36.1 Å². The third-order valence-electron chi connectivity index (χ3n) is 3.43. The summed E-state index contributed by atoms with van der Waals surface area (Å²) in [7, 11) is 2.13. The first-order valence-corrected chi connectivity index (χ1v) is 5.32. The maximum Gasteiger partial charge on any atom is 0.303 e. The minimum Gasteiger partial charge on any atom is -0.481 e. The molecule has 0 amide bonds. The van der Waals surface area contributed by atoms with E-state index in [1.165, 1.54) is 0 Å². The molecule has 0 atom stereocenters. The van der Waals surface area contributed by atoms with Gasteiger partial charge in [-0.1, -0.05) is 13.8 Å². The van der Waals surface area contributed by atoms with Gasteiger partial charge < -0.3 is 10.0 Å². The Morgan fingerprint density at radius 1 is 1.43 bits per heavy atom. The van der Waals surface area contributed by atoms with E-state index in [1.807, 2.05) is 0 Å². The summed E-state index contributed by atoms with van der Waals surface area (Å²) in [4.78, 5) is 13.0. The Kier molecular flexibility index (Phi) is 3.53. The molecule has 0 spiro atoms. The molecule has 1 fully saturated rings. The van der Waals surface area contributed by atoms with Gasteiger partial charge in [-0.2, -0.15) is 0 Å². The predicted molar refractivity (Wildman–Crippen MR) is 56.3 cm³/mol. The van der Waals surface area contributed by atoms with Crippen molar-refractivity contribution < 1.29 is 9.90 Å². The smallest absolute Gasteiger partial charge is 0.303 e. The Labute approximate surface area is 86.1 Å². The number of aliphatic carboxylic acids is 1. The largest absolute Gasteiger partial charge is 0.481 e. The Morgan fingerprint density at radius 2 is 1.93 bits per heavy atom. The molecular formula is C11H21NO2. The zero-order valence-corrected chi connectivity index (χ0v) is 9.42. The van der Waals surface area contributed by atoms with Crippen LogP contribution in [0.25, 0.3) is 0 Å². The van der Waals surface area contributed by atoms with Crippen molar-refractivity contribution in [3.05, 3.63) is 0 Å². The molecule has 1 N–H and O–H groups in total. The molecule has 0 radical (unpaired) electrons. The Balaban J connectivity index is 2.50. The van der Waals surface area contributed by atoms with E-state index >= 15 is 0 Å². The van der Waals surface area contributed by atoms with Crippen LogP contribution in [-0.2, 0) is 4.79 Å². The molecule has 3 heteroatoms. The summed E-state index contributed by atoms with van der Waals surface area (Å²) in [5, 5.41) is 8.82. The number of nitrogens with zero attached hydrogens (tertiary/aromatic N) is 1. The minimum atomic E-state index is -0.672. The molecule has 0 bridgehead atoms. The van der Waals surface area contributed by atoms with Crippen LogP contribution in [0.4, 0.5) is 0 Å². The summed E-state index contributed by atoms with van der Waals surface area (Å²) in [6, 6.07) is 0. The number of likely N-dealkylation sites (tertiary alicyclic amines) is 1. The van der Waals surface area contributed by atoms with Gasteiger partial charge in [0.05, 0.1) is 6.42 Å². The third-order valence-corrected chi connectivity index (χ3v) is 3.43. The number of carbonyl (C=O) groups is 1. The topological polar surface area (TPSA) is 40.5 Å². The van der Waals surface area contributed by atoms with Crippen LogP contribution < -0.4 is 0 Å². The maximum absolute atomic E-state index is 10.7. The van der Waals surface area contributed by atoms with Crippen LogP contribution >= 0.6 is 0 Å². The summed E-state index contributed by atoms with van der Waals surface area (Å²) in [5.41, 5.74) is -0.0485. The lowest BCUT2D eigenvalue weighted by molar-refractivity contribution is -0.140. The van der Waals surface area contributed by atoms with Crippen molar-refractivity contribution in [2.45, 2.75) is 33.1 Å². The second kappa shape index (κ2) is 4.30. The zero-order chi connectivity index (χ0) is 10.8. The van der Waals surface area contributed by atoms with Crippen LogP contribution in [0.1, 0.15) is 33.1 Å². The van der Waals surface area contributed by atoms with Gasteiger partial charge in [-0.05, 0) is 44.3 Å². The molecule has 1 aliphatic rings. The fourth-order valence-electron chi connectivity index (χ4n) is 2.32. The zero-order valence-electron chi connectivity index (χ0n) is 9.42. The molecule has 1 rings (SSSR count). The average molecular weight is 199 g/mol. The van der Waals surface area contributed by atoms with Gasteiger partial charge in [-0.25, -0.2) is 0 Å². The maximum atomic E-state index is 10.7. The van der Waals surface area contributed by atoms with Gasteiger partial charge in [0.2, 0.25) is 0 Å². The van der Waals surface area contributed by atoms with Gasteiger partial charge in [0, 0.05) is 0 Å². The van der Waals surface area contributed by atoms with E-state index in [2.05, 4.69) is 25.8 Å². The van der Waals surface area contributed by atoms with Crippen molar-refractivity contribution in [1.82, 2.24) is 4.90 Å². The fourth-order valence-corrected chi connectivity index (χ4v) is 2.32. The number of carboxylic acid groups (broad SMARTS) is 1. The third kappa shape index (κ3) is 2.98. The predicted octanol–water partition coefficient (Wildman–Crippen LogP) is 1.83. The number of rotatable bonds is 3. The first-order chi connectivity index (χ1) is 6.42. The van der Waals surface area contributed by atoms with Crippen molar-refractivity contribution in [2.75, 3.05) is 20.1 Å². The fraction of sp³-hybridized carbons (Fsp3) is 0.909. The Morgan fingerprint density at radius 3 is 2.36 bits per heavy atom. The quantitative estimate of drug-likeness (QED) is 0.754. The lowest BCUT2D eigenvalue weighted by Crippen LogP contribution is -2.37. The first-order valence-electron chi connectivity index (χ1n) is 5.32. The number of piperidine rings is 1. The molecule has 1 aliphatic heterocycles. The molecule has 14 heavy (non-hydrogen) atoms. The second-order valence-corrected chi connectivity index (χ2v) is 5.14. The Bertz CT molecular complexity index is 205. The summed E-state index contributed by atoms with van der Waals surface area (Å²) in [5.74, 6) is -0.108. The summed E-state index contributed by atoms with van der Waals surface area (Å²) in [6.07, 6.45) is 2.56. The number of hydrogen-bond acceptors (Lipinski definition) is 2. The lowest BCUT2D eigenvalue weighted by atomic mass is 9.72. The molecule has 82 valence electrons. The first kappa shape index (κ1) is 11.5. The molecule has 0 saturated carbocycles. The van der Waals surface area contributed by atoms with Crippen molar-refractivity contribution >= 4 is 5.97 Å². The normalized spacial score (nSPS) is 21.1. The van der Waals surface area contributed by atoms with E-state index in [4.69, 9.17) is 5.11 Å². The highest BCUT2D eigenvalue weighted by Crippen LogP contribution is 2.37. The highest BCUT2D eigenvalue weighted by molar-refractivity contribution is 5.67. The lowest BCUT2D eigenvalue weighted by Gasteiger charge is -2.38. The van der Waals surface area contributed by atoms with Gasteiger partial charge in [0.15, 0.2) is 0 Å². The molecule has 1 saturated heterocycles. The van der Waals surface area contributed by atoms with Gasteiger partial charge in [0.1, 0.15) is 0 Å². The van der Waals surface area contributed by atoms with E-state index in [0.717, 1.165) is 25.9 Å². The SMILES string of the molecule is CN1CCC(C(C)(C)CC(=O)O)CC1. The van der Waals surface area contributed by atoms with Crippen molar-refractivity contribution in [2.24, 2.45) is 11.3 Å². The molecule has 0 aromatic carbocycles. The summed E-state index contributed by atoms with van der Waals surface area (Å²) < 4.78 is 0. The molecule has 0 aromatic heterocycles. The molecule has 0 aliphatic carbocycles. The van der Waals surface area contributed by atoms with Gasteiger partial charge in [-0.15, -0.1) is 0 Å². The average Bonchev–Trinajstić information content (AvgIpc) is 2.02. The van der Waals surface area contributed by atoms with Crippen LogP contribution in [0, 0.1) is 11.3 Å². The highest BCUT2D eigenvalue weighted by atomic mass is 16.4. The highest BCUT2D eigenvalue weighted by Gasteiger charge is 2.33. The van der Waals surface area contributed by atoms with Gasteiger partial charge in [0.25, 0.3) is 0 Å². The standard InChI is InChI=1S/C11H21NO2/c1-11(2,8-10(13)14)9-4-6-12(3)7-5-9/h9H,4-8H2,1-3H3,(H,13,14). The van der Waals surface area contributed by atoms with E-state index in [9.17, 15) is 4.79 Å². The van der Waals surface area contributed by atoms with Crippen LogP contribution in [0.15, 0.2) is 0 Å². The second-order valence-electron chi connectivity index (χ2n) is 5.14. The van der Waals surface area contributed by atoms with E-state index in [-0.39, 0.29) is 5.41 Å². The number of carboxylic acids is 1.